The fourth-order valence-corrected chi connectivity index (χ4v) is 6.96. The van der Waals surface area contributed by atoms with Crippen LogP contribution in [0.25, 0.3) is 65.8 Å². The molecule has 1 atom stereocenters. The van der Waals surface area contributed by atoms with Crippen molar-refractivity contribution in [3.05, 3.63) is 168 Å². The molecule has 9 aromatic rings. The molecule has 3 heterocycles. The highest BCUT2D eigenvalue weighted by molar-refractivity contribution is 6.22. The van der Waals surface area contributed by atoms with E-state index in [0.717, 1.165) is 77.5 Å². The van der Waals surface area contributed by atoms with Crippen molar-refractivity contribution in [1.29, 1.82) is 0 Å². The Morgan fingerprint density at radius 1 is 0.479 bits per heavy atom. The number of hydrogen-bond acceptors (Lipinski definition) is 5. The summed E-state index contributed by atoms with van der Waals surface area (Å²) in [6.45, 7) is 0. The predicted molar refractivity (Wildman–Crippen MR) is 196 cm³/mol. The number of nitrogens with one attached hydrogen (secondary N) is 1. The highest BCUT2D eigenvalue weighted by Crippen LogP contribution is 2.37. The van der Waals surface area contributed by atoms with Crippen LogP contribution in [0.4, 0.5) is 0 Å². The van der Waals surface area contributed by atoms with Gasteiger partial charge in [0.05, 0.1) is 0 Å². The van der Waals surface area contributed by atoms with Crippen LogP contribution in [0, 0.1) is 0 Å². The molecule has 1 N–H and O–H groups in total. The van der Waals surface area contributed by atoms with Crippen LogP contribution in [-0.4, -0.2) is 11.7 Å². The lowest BCUT2D eigenvalue weighted by Gasteiger charge is -2.24. The topological polar surface area (TPSA) is 63.0 Å². The van der Waals surface area contributed by atoms with E-state index in [0.29, 0.717) is 5.84 Å². The number of fused-ring (bicyclic) bond motifs is 7. The predicted octanol–water partition coefficient (Wildman–Crippen LogP) is 10.8. The molecule has 0 radical (unpaired) electrons. The zero-order valence-electron chi connectivity index (χ0n) is 25.7. The molecule has 5 nitrogen and oxygen atoms in total. The van der Waals surface area contributed by atoms with Gasteiger partial charge in [0.25, 0.3) is 0 Å². The van der Waals surface area contributed by atoms with E-state index in [1.807, 2.05) is 48.5 Å². The van der Waals surface area contributed by atoms with E-state index in [-0.39, 0.29) is 6.17 Å². The Balaban J connectivity index is 1.14. The molecule has 0 spiro atoms. The van der Waals surface area contributed by atoms with Crippen molar-refractivity contribution in [2.75, 3.05) is 0 Å². The number of nitrogens with zero attached hydrogens (tertiary/aromatic N) is 2. The van der Waals surface area contributed by atoms with Crippen LogP contribution in [-0.2, 0) is 0 Å². The number of rotatable bonds is 4. The quantitative estimate of drug-likeness (QED) is 0.214. The van der Waals surface area contributed by atoms with Gasteiger partial charge in [0, 0.05) is 38.2 Å². The lowest BCUT2D eigenvalue weighted by atomic mass is 9.98. The van der Waals surface area contributed by atoms with E-state index in [9.17, 15) is 0 Å². The third-order valence-corrected chi connectivity index (χ3v) is 9.33. The minimum atomic E-state index is -0.382. The number of furan rings is 2. The summed E-state index contributed by atoms with van der Waals surface area (Å²) in [5.41, 5.74) is 8.53. The van der Waals surface area contributed by atoms with Gasteiger partial charge in [0.1, 0.15) is 34.3 Å². The first-order valence-electron chi connectivity index (χ1n) is 16.1. The first kappa shape index (κ1) is 26.7. The molecule has 0 fully saturated rings. The third kappa shape index (κ3) is 4.32. The van der Waals surface area contributed by atoms with Crippen molar-refractivity contribution in [3.63, 3.8) is 0 Å². The summed E-state index contributed by atoms with van der Waals surface area (Å²) < 4.78 is 12.7. The molecular weight excluding hydrogens is 590 g/mol. The van der Waals surface area contributed by atoms with E-state index >= 15 is 0 Å². The first-order chi connectivity index (χ1) is 23.7. The summed E-state index contributed by atoms with van der Waals surface area (Å²) in [7, 11) is 0. The van der Waals surface area contributed by atoms with E-state index in [1.165, 1.54) is 10.8 Å². The highest BCUT2D eigenvalue weighted by atomic mass is 16.3. The van der Waals surface area contributed by atoms with Gasteiger partial charge in [-0.05, 0) is 58.3 Å². The average Bonchev–Trinajstić information content (AvgIpc) is 3.72. The van der Waals surface area contributed by atoms with Crippen LogP contribution in [0.2, 0.25) is 0 Å². The summed E-state index contributed by atoms with van der Waals surface area (Å²) >= 11 is 0. The minimum absolute atomic E-state index is 0.382. The van der Waals surface area contributed by atoms with Gasteiger partial charge in [-0.2, -0.15) is 0 Å². The molecule has 0 saturated carbocycles. The van der Waals surface area contributed by atoms with Gasteiger partial charge in [-0.1, -0.05) is 115 Å². The van der Waals surface area contributed by atoms with Crippen molar-refractivity contribution in [2.24, 2.45) is 9.98 Å². The summed E-state index contributed by atoms with van der Waals surface area (Å²) in [6.07, 6.45) is -0.382. The molecule has 0 bridgehead atoms. The Morgan fingerprint density at radius 3 is 2.15 bits per heavy atom. The van der Waals surface area contributed by atoms with Crippen LogP contribution < -0.4 is 5.32 Å². The van der Waals surface area contributed by atoms with Gasteiger partial charge in [-0.3, -0.25) is 0 Å². The van der Waals surface area contributed by atoms with Gasteiger partial charge < -0.3 is 14.2 Å². The second kappa shape index (κ2) is 10.5. The van der Waals surface area contributed by atoms with Gasteiger partial charge in [-0.25, -0.2) is 9.98 Å². The molecule has 226 valence electrons. The van der Waals surface area contributed by atoms with Crippen LogP contribution >= 0.6 is 0 Å². The van der Waals surface area contributed by atoms with E-state index in [2.05, 4.69) is 108 Å². The molecule has 1 aliphatic rings. The van der Waals surface area contributed by atoms with Crippen LogP contribution in [0.3, 0.4) is 0 Å². The lowest BCUT2D eigenvalue weighted by molar-refractivity contribution is 0.655. The van der Waals surface area contributed by atoms with Crippen LogP contribution in [0.5, 0.6) is 0 Å². The molecule has 48 heavy (non-hydrogen) atoms. The van der Waals surface area contributed by atoms with E-state index in [1.54, 1.807) is 0 Å². The molecule has 1 unspecified atom stereocenters. The average molecular weight is 618 g/mol. The second-order valence-corrected chi connectivity index (χ2v) is 12.2. The monoisotopic (exact) mass is 617 g/mol. The van der Waals surface area contributed by atoms with Gasteiger partial charge in [0.15, 0.2) is 5.84 Å². The number of amidine groups is 2. The van der Waals surface area contributed by atoms with Crippen molar-refractivity contribution < 1.29 is 8.83 Å². The van der Waals surface area contributed by atoms with Crippen molar-refractivity contribution in [3.8, 4) is 11.1 Å². The Kier molecular flexibility index (Phi) is 5.87. The Morgan fingerprint density at radius 2 is 1.21 bits per heavy atom. The maximum atomic E-state index is 6.41. The maximum Gasteiger partial charge on any atom is 0.160 e. The molecule has 7 aromatic carbocycles. The molecule has 0 amide bonds. The molecule has 5 heteroatoms. The fraction of sp³-hybridized carbons (Fsp3) is 0.0233. The summed E-state index contributed by atoms with van der Waals surface area (Å²) in [4.78, 5) is 10.4. The van der Waals surface area contributed by atoms with E-state index < -0.39 is 0 Å². The Hall–Kier alpha value is -6.46. The van der Waals surface area contributed by atoms with Crippen molar-refractivity contribution >= 4 is 66.3 Å². The third-order valence-electron chi connectivity index (χ3n) is 9.33. The van der Waals surface area contributed by atoms with Gasteiger partial charge >= 0.3 is 0 Å². The first-order valence-corrected chi connectivity index (χ1v) is 16.1. The largest absolute Gasteiger partial charge is 0.456 e. The lowest BCUT2D eigenvalue weighted by Crippen LogP contribution is -2.33. The SMILES string of the molecule is c1ccc(C2=NC(c3cccc4oc5ccc(-c6ccc7ccccc7c6)cc5c34)=NC(c3ccc4c(c3)oc3ccccc34)N2)cc1. The maximum absolute atomic E-state index is 6.41. The summed E-state index contributed by atoms with van der Waals surface area (Å²) in [5.74, 6) is 1.41. The van der Waals surface area contributed by atoms with Crippen molar-refractivity contribution in [1.82, 2.24) is 5.32 Å². The number of aliphatic imine (C=N–C) groups is 2. The van der Waals surface area contributed by atoms with Crippen LogP contribution in [0.15, 0.2) is 170 Å². The number of para-hydroxylation sites is 1. The molecule has 0 saturated heterocycles. The smallest absolute Gasteiger partial charge is 0.160 e. The number of hydrogen-bond donors (Lipinski definition) is 1. The normalized spacial score (nSPS) is 14.9. The fourth-order valence-electron chi connectivity index (χ4n) is 6.96. The minimum Gasteiger partial charge on any atom is -0.456 e. The zero-order chi connectivity index (χ0) is 31.6. The second-order valence-electron chi connectivity index (χ2n) is 12.2. The molecule has 2 aromatic heterocycles. The summed E-state index contributed by atoms with van der Waals surface area (Å²) in [6, 6.07) is 52.3. The van der Waals surface area contributed by atoms with Crippen LogP contribution in [0.1, 0.15) is 22.9 Å². The molecule has 0 aliphatic carbocycles. The Labute approximate surface area is 275 Å². The van der Waals surface area contributed by atoms with Gasteiger partial charge in [-0.15, -0.1) is 0 Å². The van der Waals surface area contributed by atoms with Gasteiger partial charge in [0.2, 0.25) is 0 Å². The Bertz CT molecular complexity index is 2770. The summed E-state index contributed by atoms with van der Waals surface area (Å²) in [5, 5.41) is 10.3. The molecule has 1 aliphatic heterocycles. The standard InChI is InChI=1S/C43H27N3O2/c1-2-10-27(11-3-1)41-44-42(31-19-21-33-32-13-6-7-15-36(32)48-39(33)25-31)46-43(45-41)34-14-8-16-38-40(34)35-24-30(20-22-37(35)47-38)29-18-17-26-9-4-5-12-28(26)23-29/h1-25,42H,(H,44,45,46). The highest BCUT2D eigenvalue weighted by Gasteiger charge is 2.24. The zero-order valence-corrected chi connectivity index (χ0v) is 25.7. The van der Waals surface area contributed by atoms with Crippen molar-refractivity contribution in [2.45, 2.75) is 6.17 Å². The molecule has 10 rings (SSSR count). The number of benzene rings is 7. The van der Waals surface area contributed by atoms with E-state index in [4.69, 9.17) is 18.8 Å². The molecular formula is C43H27N3O2.